The highest BCUT2D eigenvalue weighted by Crippen LogP contribution is 2.27. The fourth-order valence-corrected chi connectivity index (χ4v) is 2.76. The first-order valence-corrected chi connectivity index (χ1v) is 6.85. The zero-order chi connectivity index (χ0) is 12.8. The van der Waals surface area contributed by atoms with Crippen LogP contribution in [-0.4, -0.2) is 9.97 Å². The van der Waals surface area contributed by atoms with E-state index in [0.29, 0.717) is 0 Å². The summed E-state index contributed by atoms with van der Waals surface area (Å²) < 4.78 is 1.08. The molecule has 0 aliphatic heterocycles. The summed E-state index contributed by atoms with van der Waals surface area (Å²) in [4.78, 5) is 9.43. The zero-order valence-electron chi connectivity index (χ0n) is 9.97. The number of fused-ring (bicyclic) bond motifs is 4. The third-order valence-corrected chi connectivity index (χ3v) is 3.78. The Labute approximate surface area is 118 Å². The minimum atomic E-state index is 0.936. The average Bonchev–Trinajstić information content (AvgIpc) is 2.44. The molecule has 1 aromatic heterocycles. The molecule has 0 bridgehead atoms. The average molecular weight is 309 g/mol. The molecule has 0 radical (unpaired) electrons. The summed E-state index contributed by atoms with van der Waals surface area (Å²) >= 11 is 3.50. The van der Waals surface area contributed by atoms with Gasteiger partial charge in [-0.3, -0.25) is 0 Å². The fraction of sp³-hybridized carbons (Fsp3) is 0. The van der Waals surface area contributed by atoms with E-state index in [-0.39, 0.29) is 0 Å². The lowest BCUT2D eigenvalue weighted by Crippen LogP contribution is -1.88. The Morgan fingerprint density at radius 3 is 2.37 bits per heavy atom. The molecular formula is C16H9BrN2. The second-order valence-corrected chi connectivity index (χ2v) is 5.43. The molecule has 3 aromatic carbocycles. The van der Waals surface area contributed by atoms with Gasteiger partial charge in [0.15, 0.2) is 0 Å². The van der Waals surface area contributed by atoms with Crippen molar-refractivity contribution in [3.05, 3.63) is 59.1 Å². The smallest absolute Gasteiger partial charge is 0.0972 e. The number of benzene rings is 3. The van der Waals surface area contributed by atoms with Crippen LogP contribution in [0.1, 0.15) is 0 Å². The predicted octanol–water partition coefficient (Wildman–Crippen LogP) is 4.70. The lowest BCUT2D eigenvalue weighted by Gasteiger charge is -2.05. The van der Waals surface area contributed by atoms with Gasteiger partial charge in [-0.05, 0) is 35.7 Å². The summed E-state index contributed by atoms with van der Waals surface area (Å²) in [7, 11) is 0. The topological polar surface area (TPSA) is 25.8 Å². The Hall–Kier alpha value is -2.00. The zero-order valence-corrected chi connectivity index (χ0v) is 11.6. The molecule has 0 saturated heterocycles. The molecule has 90 valence electrons. The number of halogens is 1. The molecular weight excluding hydrogens is 300 g/mol. The van der Waals surface area contributed by atoms with E-state index >= 15 is 0 Å². The van der Waals surface area contributed by atoms with E-state index in [1.807, 2.05) is 36.4 Å². The van der Waals surface area contributed by atoms with Gasteiger partial charge in [-0.1, -0.05) is 40.2 Å². The van der Waals surface area contributed by atoms with E-state index in [1.54, 1.807) is 0 Å². The molecule has 4 aromatic rings. The number of hydrogen-bond acceptors (Lipinski definition) is 2. The molecule has 3 heteroatoms. The Bertz CT molecular complexity index is 931. The van der Waals surface area contributed by atoms with Crippen molar-refractivity contribution in [2.45, 2.75) is 0 Å². The molecule has 19 heavy (non-hydrogen) atoms. The van der Waals surface area contributed by atoms with Crippen molar-refractivity contribution in [2.24, 2.45) is 0 Å². The standard InChI is InChI=1S/C16H9BrN2/c17-11-6-7-12-10(9-11)5-8-15-16(12)19-14-4-2-1-3-13(14)18-15/h1-9H. The van der Waals surface area contributed by atoms with E-state index in [0.717, 1.165) is 31.9 Å². The van der Waals surface area contributed by atoms with Crippen LogP contribution in [0.3, 0.4) is 0 Å². The van der Waals surface area contributed by atoms with Crippen LogP contribution in [0, 0.1) is 0 Å². The largest absolute Gasteiger partial charge is 0.244 e. The van der Waals surface area contributed by atoms with Crippen molar-refractivity contribution in [3.63, 3.8) is 0 Å². The number of aromatic nitrogens is 2. The summed E-state index contributed by atoms with van der Waals surface area (Å²) in [6.45, 7) is 0. The second kappa shape index (κ2) is 4.00. The van der Waals surface area contributed by atoms with Crippen LogP contribution in [0.25, 0.3) is 32.8 Å². The Balaban J connectivity index is 2.22. The maximum absolute atomic E-state index is 4.76. The first-order valence-electron chi connectivity index (χ1n) is 6.06. The van der Waals surface area contributed by atoms with Crippen LogP contribution in [0.15, 0.2) is 59.1 Å². The highest BCUT2D eigenvalue weighted by molar-refractivity contribution is 9.10. The van der Waals surface area contributed by atoms with Crippen LogP contribution < -0.4 is 0 Å². The van der Waals surface area contributed by atoms with Crippen molar-refractivity contribution in [3.8, 4) is 0 Å². The van der Waals surface area contributed by atoms with Gasteiger partial charge >= 0.3 is 0 Å². The third-order valence-electron chi connectivity index (χ3n) is 3.29. The first kappa shape index (κ1) is 10.9. The van der Waals surface area contributed by atoms with Gasteiger partial charge in [0.2, 0.25) is 0 Å². The number of rotatable bonds is 0. The van der Waals surface area contributed by atoms with Gasteiger partial charge in [0, 0.05) is 9.86 Å². The molecule has 2 nitrogen and oxygen atoms in total. The van der Waals surface area contributed by atoms with Gasteiger partial charge in [0.1, 0.15) is 0 Å². The molecule has 0 atom stereocenters. The maximum Gasteiger partial charge on any atom is 0.0972 e. The Morgan fingerprint density at radius 1 is 0.737 bits per heavy atom. The molecule has 0 amide bonds. The maximum atomic E-state index is 4.76. The molecule has 4 rings (SSSR count). The van der Waals surface area contributed by atoms with Crippen molar-refractivity contribution in [1.29, 1.82) is 0 Å². The summed E-state index contributed by atoms with van der Waals surface area (Å²) in [5.74, 6) is 0. The summed E-state index contributed by atoms with van der Waals surface area (Å²) in [5.41, 5.74) is 3.77. The van der Waals surface area contributed by atoms with Gasteiger partial charge < -0.3 is 0 Å². The molecule has 0 N–H and O–H groups in total. The van der Waals surface area contributed by atoms with E-state index in [4.69, 9.17) is 4.98 Å². The minimum absolute atomic E-state index is 0.936. The second-order valence-electron chi connectivity index (χ2n) is 4.51. The van der Waals surface area contributed by atoms with Crippen LogP contribution in [-0.2, 0) is 0 Å². The van der Waals surface area contributed by atoms with Crippen molar-refractivity contribution in [1.82, 2.24) is 9.97 Å². The SMILES string of the molecule is Brc1ccc2c(ccc3nc4ccccc4nc32)c1. The minimum Gasteiger partial charge on any atom is -0.244 e. The highest BCUT2D eigenvalue weighted by atomic mass is 79.9. The predicted molar refractivity (Wildman–Crippen MR) is 82.3 cm³/mol. The first-order chi connectivity index (χ1) is 9.31. The van der Waals surface area contributed by atoms with Crippen LogP contribution in [0.5, 0.6) is 0 Å². The van der Waals surface area contributed by atoms with Crippen LogP contribution in [0.4, 0.5) is 0 Å². The monoisotopic (exact) mass is 308 g/mol. The van der Waals surface area contributed by atoms with Crippen molar-refractivity contribution < 1.29 is 0 Å². The van der Waals surface area contributed by atoms with E-state index in [2.05, 4.69) is 39.1 Å². The molecule has 0 aliphatic carbocycles. The van der Waals surface area contributed by atoms with Gasteiger partial charge in [-0.2, -0.15) is 0 Å². The van der Waals surface area contributed by atoms with Gasteiger partial charge in [-0.15, -0.1) is 0 Å². The normalized spacial score (nSPS) is 11.4. The molecule has 0 aliphatic rings. The number of para-hydroxylation sites is 2. The highest BCUT2D eigenvalue weighted by Gasteiger charge is 2.05. The molecule has 0 unspecified atom stereocenters. The van der Waals surface area contributed by atoms with Crippen LogP contribution in [0.2, 0.25) is 0 Å². The van der Waals surface area contributed by atoms with Crippen molar-refractivity contribution in [2.75, 3.05) is 0 Å². The van der Waals surface area contributed by atoms with Gasteiger partial charge in [0.25, 0.3) is 0 Å². The summed E-state index contributed by atoms with van der Waals surface area (Å²) in [6, 6.07) is 18.3. The quantitative estimate of drug-likeness (QED) is 0.347. The summed E-state index contributed by atoms with van der Waals surface area (Å²) in [6.07, 6.45) is 0. The lowest BCUT2D eigenvalue weighted by molar-refractivity contribution is 1.41. The third kappa shape index (κ3) is 1.70. The molecule has 0 saturated carbocycles. The van der Waals surface area contributed by atoms with Gasteiger partial charge in [0.05, 0.1) is 22.1 Å². The molecule has 0 fully saturated rings. The molecule has 0 spiro atoms. The Morgan fingerprint density at radius 2 is 1.53 bits per heavy atom. The Kier molecular flexibility index (Phi) is 2.29. The summed E-state index contributed by atoms with van der Waals surface area (Å²) in [5, 5.41) is 2.31. The van der Waals surface area contributed by atoms with Crippen LogP contribution >= 0.6 is 15.9 Å². The van der Waals surface area contributed by atoms with E-state index in [1.165, 1.54) is 5.39 Å². The number of nitrogens with zero attached hydrogens (tertiary/aromatic N) is 2. The van der Waals surface area contributed by atoms with Gasteiger partial charge in [-0.25, -0.2) is 9.97 Å². The van der Waals surface area contributed by atoms with E-state index < -0.39 is 0 Å². The van der Waals surface area contributed by atoms with Crippen molar-refractivity contribution >= 4 is 48.8 Å². The molecule has 1 heterocycles. The number of hydrogen-bond donors (Lipinski definition) is 0. The lowest BCUT2D eigenvalue weighted by atomic mass is 10.1. The fourth-order valence-electron chi connectivity index (χ4n) is 2.38. The van der Waals surface area contributed by atoms with E-state index in [9.17, 15) is 0 Å².